The first-order valence-corrected chi connectivity index (χ1v) is 8.54. The highest BCUT2D eigenvalue weighted by atomic mass is 32.2. The lowest BCUT2D eigenvalue weighted by atomic mass is 10.1. The van der Waals surface area contributed by atoms with E-state index in [1.807, 2.05) is 0 Å². The zero-order valence-electron chi connectivity index (χ0n) is 13.1. The highest BCUT2D eigenvalue weighted by Gasteiger charge is 2.23. The van der Waals surface area contributed by atoms with Crippen LogP contribution in [0, 0.1) is 0 Å². The Morgan fingerprint density at radius 2 is 1.78 bits per heavy atom. The van der Waals surface area contributed by atoms with Gasteiger partial charge in [-0.25, -0.2) is 13.6 Å². The average molecular weight is 344 g/mol. The molecule has 2 N–H and O–H groups in total. The van der Waals surface area contributed by atoms with Crippen LogP contribution in [0.1, 0.15) is 5.56 Å². The minimum Gasteiger partial charge on any atom is -0.493 e. The molecule has 128 valence electrons. The fraction of sp³-hybridized carbons (Fsp3) is 0.500. The van der Waals surface area contributed by atoms with Crippen LogP contribution < -0.4 is 14.6 Å². The Bertz CT molecular complexity index is 683. The number of nitrogens with zero attached hydrogens (tertiary/aromatic N) is 1. The second-order valence-electron chi connectivity index (χ2n) is 5.03. The third-order valence-electron chi connectivity index (χ3n) is 3.58. The molecule has 0 aromatic heterocycles. The second kappa shape index (κ2) is 7.16. The molecule has 8 nitrogen and oxygen atoms in total. The molecular weight excluding hydrogens is 324 g/mol. The van der Waals surface area contributed by atoms with E-state index >= 15 is 0 Å². The molecule has 0 radical (unpaired) electrons. The van der Waals surface area contributed by atoms with Gasteiger partial charge in [-0.15, -0.1) is 0 Å². The summed E-state index contributed by atoms with van der Waals surface area (Å²) in [5, 5.41) is 5.26. The summed E-state index contributed by atoms with van der Waals surface area (Å²) in [6, 6.07) is 2.74. The Kier molecular flexibility index (Phi) is 5.45. The molecule has 0 spiro atoms. The van der Waals surface area contributed by atoms with Crippen LogP contribution >= 0.6 is 0 Å². The zero-order chi connectivity index (χ0) is 17.0. The Balaban J connectivity index is 2.37. The molecule has 1 saturated heterocycles. The van der Waals surface area contributed by atoms with Crippen LogP contribution in [-0.2, 0) is 26.0 Å². The number of hydrogen-bond donors (Lipinski definition) is 1. The maximum Gasteiger partial charge on any atom is 0.238 e. The largest absolute Gasteiger partial charge is 0.493 e. The van der Waals surface area contributed by atoms with E-state index in [9.17, 15) is 13.2 Å². The molecule has 0 atom stereocenters. The lowest BCUT2D eigenvalue weighted by molar-refractivity contribution is -0.134. The first-order valence-electron chi connectivity index (χ1n) is 7.00. The van der Waals surface area contributed by atoms with Gasteiger partial charge in [-0.2, -0.15) is 0 Å². The van der Waals surface area contributed by atoms with Gasteiger partial charge in [0.1, 0.15) is 0 Å². The fourth-order valence-corrected chi connectivity index (χ4v) is 3.16. The molecule has 23 heavy (non-hydrogen) atoms. The van der Waals surface area contributed by atoms with Gasteiger partial charge >= 0.3 is 0 Å². The van der Waals surface area contributed by atoms with Crippen LogP contribution in [-0.4, -0.2) is 59.7 Å². The van der Waals surface area contributed by atoms with Crippen molar-refractivity contribution in [2.24, 2.45) is 5.14 Å². The molecule has 1 aromatic rings. The van der Waals surface area contributed by atoms with Crippen LogP contribution in [0.25, 0.3) is 0 Å². The number of methoxy groups -OCH3 is 2. The van der Waals surface area contributed by atoms with Gasteiger partial charge in [0, 0.05) is 19.2 Å². The number of morpholine rings is 1. The smallest absolute Gasteiger partial charge is 0.238 e. The monoisotopic (exact) mass is 344 g/mol. The lowest BCUT2D eigenvalue weighted by Crippen LogP contribution is -2.41. The van der Waals surface area contributed by atoms with Crippen molar-refractivity contribution in [1.82, 2.24) is 4.90 Å². The fourth-order valence-electron chi connectivity index (χ4n) is 2.39. The van der Waals surface area contributed by atoms with E-state index in [0.717, 1.165) is 0 Å². The van der Waals surface area contributed by atoms with Crippen molar-refractivity contribution in [2.75, 3.05) is 40.5 Å². The minimum absolute atomic E-state index is 0.0912. The van der Waals surface area contributed by atoms with E-state index in [2.05, 4.69) is 0 Å². The molecule has 1 aliphatic rings. The van der Waals surface area contributed by atoms with Gasteiger partial charge in [-0.1, -0.05) is 0 Å². The standard InChI is InChI=1S/C14H20N2O6S/c1-20-11-7-10(8-14(17)16-3-5-22-6-4-16)13(23(15,18)19)9-12(11)21-2/h7,9H,3-6,8H2,1-2H3,(H2,15,18,19). The van der Waals surface area contributed by atoms with Crippen molar-refractivity contribution in [3.05, 3.63) is 17.7 Å². The minimum atomic E-state index is -4.00. The summed E-state index contributed by atoms with van der Waals surface area (Å²) in [4.78, 5) is 13.9. The SMILES string of the molecule is COc1cc(CC(=O)N2CCOCC2)c(S(N)(=O)=O)cc1OC. The number of hydrogen-bond acceptors (Lipinski definition) is 6. The summed E-state index contributed by atoms with van der Waals surface area (Å²) in [5.74, 6) is 0.384. The summed E-state index contributed by atoms with van der Waals surface area (Å²) >= 11 is 0. The van der Waals surface area contributed by atoms with Crippen molar-refractivity contribution in [3.8, 4) is 11.5 Å². The predicted molar refractivity (Wildman–Crippen MR) is 82.0 cm³/mol. The molecule has 0 bridgehead atoms. The quantitative estimate of drug-likeness (QED) is 0.789. The maximum absolute atomic E-state index is 12.4. The van der Waals surface area contributed by atoms with Crippen LogP contribution in [0.15, 0.2) is 17.0 Å². The van der Waals surface area contributed by atoms with Crippen LogP contribution in [0.4, 0.5) is 0 Å². The van der Waals surface area contributed by atoms with Crippen molar-refractivity contribution >= 4 is 15.9 Å². The number of carbonyl (C=O) groups is 1. The van der Waals surface area contributed by atoms with Crippen molar-refractivity contribution in [3.63, 3.8) is 0 Å². The van der Waals surface area contributed by atoms with Gasteiger partial charge in [0.15, 0.2) is 11.5 Å². The highest BCUT2D eigenvalue weighted by Crippen LogP contribution is 2.32. The van der Waals surface area contributed by atoms with Gasteiger partial charge in [0.05, 0.1) is 38.7 Å². The maximum atomic E-state index is 12.4. The highest BCUT2D eigenvalue weighted by molar-refractivity contribution is 7.89. The van der Waals surface area contributed by atoms with Crippen LogP contribution in [0.3, 0.4) is 0 Å². The topological polar surface area (TPSA) is 108 Å². The van der Waals surface area contributed by atoms with E-state index < -0.39 is 10.0 Å². The normalized spacial score (nSPS) is 15.3. The van der Waals surface area contributed by atoms with Crippen LogP contribution in [0.5, 0.6) is 11.5 Å². The molecule has 1 aromatic carbocycles. The molecule has 1 heterocycles. The third-order valence-corrected chi connectivity index (χ3v) is 4.57. The van der Waals surface area contributed by atoms with Crippen LogP contribution in [0.2, 0.25) is 0 Å². The van der Waals surface area contributed by atoms with E-state index in [0.29, 0.717) is 32.1 Å². The molecule has 1 amide bonds. The predicted octanol–water partition coefficient (Wildman–Crippen LogP) is -0.247. The number of rotatable bonds is 5. The average Bonchev–Trinajstić information content (AvgIpc) is 2.54. The summed E-state index contributed by atoms with van der Waals surface area (Å²) in [6.07, 6.45) is -0.0912. The van der Waals surface area contributed by atoms with E-state index in [4.69, 9.17) is 19.3 Å². The number of primary sulfonamides is 1. The third kappa shape index (κ3) is 4.12. The zero-order valence-corrected chi connectivity index (χ0v) is 13.9. The molecule has 0 saturated carbocycles. The van der Waals surface area contributed by atoms with Crippen molar-refractivity contribution < 1.29 is 27.4 Å². The first-order chi connectivity index (χ1) is 10.9. The number of ether oxygens (including phenoxy) is 3. The molecule has 0 aliphatic carbocycles. The Hall–Kier alpha value is -1.84. The summed E-state index contributed by atoms with van der Waals surface area (Å²) < 4.78 is 39.1. The molecular formula is C14H20N2O6S. The Morgan fingerprint density at radius 3 is 2.30 bits per heavy atom. The number of sulfonamides is 1. The first kappa shape index (κ1) is 17.5. The van der Waals surface area contributed by atoms with E-state index in [1.165, 1.54) is 26.4 Å². The molecule has 2 rings (SSSR count). The number of benzene rings is 1. The van der Waals surface area contributed by atoms with Gasteiger partial charge in [0.2, 0.25) is 15.9 Å². The van der Waals surface area contributed by atoms with Crippen molar-refractivity contribution in [2.45, 2.75) is 11.3 Å². The molecule has 1 aliphatic heterocycles. The summed E-state index contributed by atoms with van der Waals surface area (Å²) in [7, 11) is -1.17. The van der Waals surface area contributed by atoms with E-state index in [-0.39, 0.29) is 28.5 Å². The van der Waals surface area contributed by atoms with E-state index in [1.54, 1.807) is 4.90 Å². The molecule has 1 fully saturated rings. The number of nitrogens with two attached hydrogens (primary N) is 1. The molecule has 0 unspecified atom stereocenters. The van der Waals surface area contributed by atoms with Gasteiger partial charge in [0.25, 0.3) is 0 Å². The van der Waals surface area contributed by atoms with Gasteiger partial charge in [-0.3, -0.25) is 4.79 Å². The number of carbonyl (C=O) groups excluding carboxylic acids is 1. The van der Waals surface area contributed by atoms with Crippen molar-refractivity contribution in [1.29, 1.82) is 0 Å². The molecule has 9 heteroatoms. The lowest BCUT2D eigenvalue weighted by Gasteiger charge is -2.27. The Morgan fingerprint density at radius 1 is 1.22 bits per heavy atom. The van der Waals surface area contributed by atoms with Gasteiger partial charge < -0.3 is 19.1 Å². The second-order valence-corrected chi connectivity index (χ2v) is 6.56. The van der Waals surface area contributed by atoms with Gasteiger partial charge in [-0.05, 0) is 11.6 Å². The Labute approximate surface area is 135 Å². The summed E-state index contributed by atoms with van der Waals surface area (Å²) in [5.41, 5.74) is 0.279. The number of amides is 1. The summed E-state index contributed by atoms with van der Waals surface area (Å²) in [6.45, 7) is 1.91.